The first-order valence-electron chi connectivity index (χ1n) is 7.77. The van der Waals surface area contributed by atoms with Crippen LogP contribution in [-0.4, -0.2) is 61.2 Å². The van der Waals surface area contributed by atoms with Gasteiger partial charge in [-0.3, -0.25) is 14.5 Å². The van der Waals surface area contributed by atoms with E-state index in [0.717, 1.165) is 0 Å². The predicted octanol–water partition coefficient (Wildman–Crippen LogP) is 0.597. The minimum atomic E-state index is -0.951. The molecule has 1 aromatic heterocycles. The third-order valence-corrected chi connectivity index (χ3v) is 4.09. The van der Waals surface area contributed by atoms with Crippen LogP contribution in [0.15, 0.2) is 18.2 Å². The number of aliphatic carboxylic acids is 1. The summed E-state index contributed by atoms with van der Waals surface area (Å²) in [6, 6.07) is 3.46. The Kier molecular flexibility index (Phi) is 4.70. The molecule has 0 bridgehead atoms. The number of anilines is 1. The number of halogens is 1. The second-order valence-corrected chi connectivity index (χ2v) is 5.82. The standard InChI is InChI=1S/C15H17FN6O3/c1-9-18-19-20-22(9)10-4-5-11(16)12(7-10)17-14(23)8-21-6-2-3-13(21)15(24)25/h4-5,7,13H,2-3,6,8H2,1H3,(H,17,23)(H,24,25)/t13-/m0/s1. The fraction of sp³-hybridized carbons (Fsp3) is 0.400. The van der Waals surface area contributed by atoms with Gasteiger partial charge in [0.2, 0.25) is 5.91 Å². The number of nitrogens with zero attached hydrogens (tertiary/aromatic N) is 5. The van der Waals surface area contributed by atoms with Crippen molar-refractivity contribution in [3.05, 3.63) is 29.8 Å². The molecule has 0 saturated carbocycles. The van der Waals surface area contributed by atoms with Gasteiger partial charge >= 0.3 is 5.97 Å². The Hall–Kier alpha value is -2.88. The highest BCUT2D eigenvalue weighted by molar-refractivity contribution is 5.93. The molecule has 2 N–H and O–H groups in total. The molecule has 0 aliphatic carbocycles. The van der Waals surface area contributed by atoms with E-state index in [2.05, 4.69) is 20.8 Å². The summed E-state index contributed by atoms with van der Waals surface area (Å²) in [7, 11) is 0. The van der Waals surface area contributed by atoms with E-state index in [1.807, 2.05) is 0 Å². The van der Waals surface area contributed by atoms with Crippen LogP contribution in [0.5, 0.6) is 0 Å². The van der Waals surface area contributed by atoms with Gasteiger partial charge < -0.3 is 10.4 Å². The molecule has 1 aliphatic rings. The first-order valence-corrected chi connectivity index (χ1v) is 7.77. The molecular weight excluding hydrogens is 331 g/mol. The Balaban J connectivity index is 1.73. The van der Waals surface area contributed by atoms with Crippen LogP contribution < -0.4 is 5.32 Å². The van der Waals surface area contributed by atoms with Gasteiger partial charge in [-0.2, -0.15) is 4.68 Å². The number of tetrazole rings is 1. The predicted molar refractivity (Wildman–Crippen MR) is 84.7 cm³/mol. The molecule has 1 atom stereocenters. The third kappa shape index (κ3) is 3.63. The van der Waals surface area contributed by atoms with Gasteiger partial charge in [0.15, 0.2) is 5.82 Å². The zero-order valence-electron chi connectivity index (χ0n) is 13.5. The number of carboxylic acids is 1. The number of likely N-dealkylation sites (tertiary alicyclic amines) is 1. The van der Waals surface area contributed by atoms with E-state index in [9.17, 15) is 14.0 Å². The number of amides is 1. The van der Waals surface area contributed by atoms with Crippen molar-refractivity contribution in [2.45, 2.75) is 25.8 Å². The van der Waals surface area contributed by atoms with E-state index in [1.54, 1.807) is 11.8 Å². The van der Waals surface area contributed by atoms with Gasteiger partial charge in [0.1, 0.15) is 11.9 Å². The van der Waals surface area contributed by atoms with E-state index in [4.69, 9.17) is 5.11 Å². The Morgan fingerprint density at radius 1 is 1.44 bits per heavy atom. The molecule has 2 heterocycles. The summed E-state index contributed by atoms with van der Waals surface area (Å²) < 4.78 is 15.4. The minimum Gasteiger partial charge on any atom is -0.480 e. The van der Waals surface area contributed by atoms with Crippen LogP contribution in [0.2, 0.25) is 0 Å². The van der Waals surface area contributed by atoms with Crippen molar-refractivity contribution in [1.29, 1.82) is 0 Å². The molecular formula is C15H17FN6O3. The molecule has 1 aliphatic heterocycles. The van der Waals surface area contributed by atoms with E-state index in [0.29, 0.717) is 30.9 Å². The molecule has 3 rings (SSSR count). The highest BCUT2D eigenvalue weighted by atomic mass is 19.1. The summed E-state index contributed by atoms with van der Waals surface area (Å²) in [6.45, 7) is 2.11. The van der Waals surface area contributed by atoms with Crippen molar-refractivity contribution in [2.24, 2.45) is 0 Å². The van der Waals surface area contributed by atoms with Crippen LogP contribution in [-0.2, 0) is 9.59 Å². The summed E-state index contributed by atoms with van der Waals surface area (Å²) in [6.07, 6.45) is 1.22. The van der Waals surface area contributed by atoms with Gasteiger partial charge in [0, 0.05) is 0 Å². The number of hydrogen-bond donors (Lipinski definition) is 2. The lowest BCUT2D eigenvalue weighted by Crippen LogP contribution is -2.41. The smallest absolute Gasteiger partial charge is 0.320 e. The Morgan fingerprint density at radius 2 is 2.24 bits per heavy atom. The first-order chi connectivity index (χ1) is 12.0. The van der Waals surface area contributed by atoms with Crippen molar-refractivity contribution in [1.82, 2.24) is 25.1 Å². The molecule has 0 radical (unpaired) electrons. The lowest BCUT2D eigenvalue weighted by atomic mass is 10.2. The molecule has 0 unspecified atom stereocenters. The fourth-order valence-corrected chi connectivity index (χ4v) is 2.88. The second-order valence-electron chi connectivity index (χ2n) is 5.82. The summed E-state index contributed by atoms with van der Waals surface area (Å²) >= 11 is 0. The number of nitrogens with one attached hydrogen (secondary N) is 1. The highest BCUT2D eigenvalue weighted by Gasteiger charge is 2.31. The molecule has 10 heteroatoms. The molecule has 25 heavy (non-hydrogen) atoms. The molecule has 2 aromatic rings. The van der Waals surface area contributed by atoms with Crippen LogP contribution in [0.1, 0.15) is 18.7 Å². The summed E-state index contributed by atoms with van der Waals surface area (Å²) in [5.74, 6) is -1.51. The fourth-order valence-electron chi connectivity index (χ4n) is 2.88. The number of rotatable bonds is 5. The van der Waals surface area contributed by atoms with Gasteiger partial charge in [0.25, 0.3) is 0 Å². The van der Waals surface area contributed by atoms with E-state index in [1.165, 1.54) is 22.9 Å². The van der Waals surface area contributed by atoms with Gasteiger partial charge in [-0.05, 0) is 54.9 Å². The van der Waals surface area contributed by atoms with E-state index >= 15 is 0 Å². The molecule has 0 spiro atoms. The minimum absolute atomic E-state index is 0.0107. The quantitative estimate of drug-likeness (QED) is 0.813. The van der Waals surface area contributed by atoms with Gasteiger partial charge in [-0.1, -0.05) is 0 Å². The summed E-state index contributed by atoms with van der Waals surface area (Å²) in [5, 5.41) is 22.7. The molecule has 1 amide bonds. The van der Waals surface area contributed by atoms with E-state index < -0.39 is 23.7 Å². The van der Waals surface area contributed by atoms with Gasteiger partial charge in [-0.25, -0.2) is 4.39 Å². The number of aryl methyl sites for hydroxylation is 1. The van der Waals surface area contributed by atoms with Gasteiger partial charge in [0.05, 0.1) is 17.9 Å². The van der Waals surface area contributed by atoms with Crippen molar-refractivity contribution in [3.63, 3.8) is 0 Å². The Bertz CT molecular complexity index is 808. The largest absolute Gasteiger partial charge is 0.480 e. The molecule has 1 aromatic carbocycles. The van der Waals surface area contributed by atoms with Crippen molar-refractivity contribution >= 4 is 17.6 Å². The lowest BCUT2D eigenvalue weighted by Gasteiger charge is -2.20. The van der Waals surface area contributed by atoms with Crippen molar-refractivity contribution in [3.8, 4) is 5.69 Å². The number of benzene rings is 1. The SMILES string of the molecule is Cc1nnnn1-c1ccc(F)c(NC(=O)CN2CCC[C@H]2C(=O)O)c1. The topological polar surface area (TPSA) is 113 Å². The van der Waals surface area contributed by atoms with E-state index in [-0.39, 0.29) is 12.2 Å². The monoisotopic (exact) mass is 348 g/mol. The summed E-state index contributed by atoms with van der Waals surface area (Å²) in [5.41, 5.74) is 0.493. The number of carboxylic acid groups (broad SMARTS) is 1. The van der Waals surface area contributed by atoms with Crippen LogP contribution >= 0.6 is 0 Å². The lowest BCUT2D eigenvalue weighted by molar-refractivity contribution is -0.142. The zero-order chi connectivity index (χ0) is 18.0. The molecule has 1 saturated heterocycles. The van der Waals surface area contributed by atoms with Gasteiger partial charge in [-0.15, -0.1) is 5.10 Å². The van der Waals surface area contributed by atoms with Crippen molar-refractivity contribution < 1.29 is 19.1 Å². The maximum atomic E-state index is 14.0. The van der Waals surface area contributed by atoms with Crippen LogP contribution in [0.4, 0.5) is 10.1 Å². The molecule has 1 fully saturated rings. The average Bonchev–Trinajstić information content (AvgIpc) is 3.18. The van der Waals surface area contributed by atoms with Crippen LogP contribution in [0.3, 0.4) is 0 Å². The zero-order valence-corrected chi connectivity index (χ0v) is 13.5. The number of aromatic nitrogens is 4. The highest BCUT2D eigenvalue weighted by Crippen LogP contribution is 2.20. The third-order valence-electron chi connectivity index (χ3n) is 4.09. The van der Waals surface area contributed by atoms with Crippen molar-refractivity contribution in [2.75, 3.05) is 18.4 Å². The maximum absolute atomic E-state index is 14.0. The molecule has 132 valence electrons. The average molecular weight is 348 g/mol. The number of carbonyl (C=O) groups is 2. The normalized spacial score (nSPS) is 17.6. The molecule has 9 nitrogen and oxygen atoms in total. The maximum Gasteiger partial charge on any atom is 0.320 e. The Labute approximate surface area is 142 Å². The summed E-state index contributed by atoms with van der Waals surface area (Å²) in [4.78, 5) is 24.9. The first kappa shape index (κ1) is 17.0. The second kappa shape index (κ2) is 6.93. The number of hydrogen-bond acceptors (Lipinski definition) is 6. The van der Waals surface area contributed by atoms with Crippen LogP contribution in [0.25, 0.3) is 5.69 Å². The number of carbonyl (C=O) groups excluding carboxylic acids is 1. The van der Waals surface area contributed by atoms with Crippen LogP contribution in [0, 0.1) is 12.7 Å². The Morgan fingerprint density at radius 3 is 2.92 bits per heavy atom.